The summed E-state index contributed by atoms with van der Waals surface area (Å²) in [6, 6.07) is 13.5. The molecule has 1 N–H and O–H groups in total. The molecule has 1 aromatic heterocycles. The molecule has 2 aromatic carbocycles. The number of hydrogen-bond acceptors (Lipinski definition) is 7. The van der Waals surface area contributed by atoms with Crippen LogP contribution < -0.4 is 15.0 Å². The number of hydrogen-bond donors (Lipinski definition) is 1. The molecule has 2 aliphatic rings. The molecule has 0 saturated carbocycles. The van der Waals surface area contributed by atoms with Crippen LogP contribution >= 0.6 is 23.2 Å². The molecule has 2 fully saturated rings. The van der Waals surface area contributed by atoms with Crippen molar-refractivity contribution >= 4 is 35.3 Å². The minimum absolute atomic E-state index is 0.285. The number of imidazole rings is 1. The minimum atomic E-state index is -1.08. The number of aromatic nitrogens is 2. The number of nitrogens with zero attached hydrogens (tertiary/aromatic N) is 4. The van der Waals surface area contributed by atoms with Crippen LogP contribution in [0.1, 0.15) is 5.56 Å². The predicted octanol–water partition coefficient (Wildman–Crippen LogP) is 3.41. The molecule has 0 aliphatic carbocycles. The number of nitrogens with one attached hydrogen (secondary N) is 1. The van der Waals surface area contributed by atoms with Gasteiger partial charge in [0.1, 0.15) is 18.5 Å². The van der Waals surface area contributed by atoms with E-state index in [1.807, 2.05) is 29.0 Å². The number of carbonyl (C=O) groups is 1. The van der Waals surface area contributed by atoms with E-state index < -0.39 is 5.79 Å². The van der Waals surface area contributed by atoms with Gasteiger partial charge in [-0.15, -0.1) is 0 Å². The summed E-state index contributed by atoms with van der Waals surface area (Å²) in [5.74, 6) is -0.307. The largest absolute Gasteiger partial charge is 0.491 e. The van der Waals surface area contributed by atoms with Gasteiger partial charge in [0.15, 0.2) is 0 Å². The monoisotopic (exact) mass is 559 g/mol. The third-order valence-corrected chi connectivity index (χ3v) is 7.36. The van der Waals surface area contributed by atoms with E-state index in [4.69, 9.17) is 37.4 Å². The normalized spacial score (nSPS) is 21.9. The Kier molecular flexibility index (Phi) is 8.71. The van der Waals surface area contributed by atoms with Crippen LogP contribution in [0.15, 0.2) is 61.2 Å². The van der Waals surface area contributed by atoms with E-state index in [9.17, 15) is 4.79 Å². The van der Waals surface area contributed by atoms with E-state index in [2.05, 4.69) is 32.2 Å². The molecule has 1 amide bonds. The van der Waals surface area contributed by atoms with Gasteiger partial charge in [0.25, 0.3) is 0 Å². The Morgan fingerprint density at radius 1 is 1.13 bits per heavy atom. The zero-order valence-corrected chi connectivity index (χ0v) is 22.5. The molecular formula is C27H31Cl2N5O4. The second-order valence-corrected chi connectivity index (χ2v) is 10.2. The fourth-order valence-electron chi connectivity index (χ4n) is 4.83. The first-order valence-electron chi connectivity index (χ1n) is 12.6. The van der Waals surface area contributed by atoms with Crippen molar-refractivity contribution in [3.8, 4) is 5.75 Å². The lowest BCUT2D eigenvalue weighted by molar-refractivity contribution is -0.189. The van der Waals surface area contributed by atoms with E-state index in [0.717, 1.165) is 44.9 Å². The molecule has 0 spiro atoms. The second-order valence-electron chi connectivity index (χ2n) is 9.37. The van der Waals surface area contributed by atoms with Crippen molar-refractivity contribution in [2.75, 3.05) is 57.4 Å². The van der Waals surface area contributed by atoms with Crippen molar-refractivity contribution in [2.45, 2.75) is 18.4 Å². The topological polar surface area (TPSA) is 81.1 Å². The first kappa shape index (κ1) is 26.8. The fourth-order valence-corrected chi connectivity index (χ4v) is 5.38. The first-order chi connectivity index (χ1) is 18.5. The van der Waals surface area contributed by atoms with Crippen LogP contribution in [-0.2, 0) is 26.6 Å². The van der Waals surface area contributed by atoms with Gasteiger partial charge in [-0.2, -0.15) is 0 Å². The standard InChI is InChI=1S/C27H31Cl2N5O4/c28-21-1-6-25(26(29)15-21)27(18-33-10-7-30-19-33)37-17-24(38-27)16-36-23-4-2-22(3-5-23)34-13-11-32(12-14-34)9-8-31-20-35/h1-7,10,15,19-20,24H,8-9,11-14,16-18H2,(H,31,35)/t24-,27-/m1/s1. The van der Waals surface area contributed by atoms with Crippen LogP contribution in [0.3, 0.4) is 0 Å². The molecule has 2 aliphatic heterocycles. The molecule has 3 aromatic rings. The molecule has 38 heavy (non-hydrogen) atoms. The Labute approximate surface area is 232 Å². The Hall–Kier alpha value is -2.82. The number of carbonyl (C=O) groups excluding carboxylic acids is 1. The van der Waals surface area contributed by atoms with Gasteiger partial charge in [-0.25, -0.2) is 4.98 Å². The number of anilines is 1. The molecule has 11 heteroatoms. The van der Waals surface area contributed by atoms with Crippen LogP contribution in [0.25, 0.3) is 0 Å². The van der Waals surface area contributed by atoms with Gasteiger partial charge < -0.3 is 29.0 Å². The summed E-state index contributed by atoms with van der Waals surface area (Å²) in [6.07, 6.45) is 5.75. The number of benzene rings is 2. The zero-order valence-electron chi connectivity index (χ0n) is 21.0. The van der Waals surface area contributed by atoms with Crippen molar-refractivity contribution in [1.29, 1.82) is 0 Å². The second kappa shape index (κ2) is 12.4. The molecule has 2 atom stereocenters. The summed E-state index contributed by atoms with van der Waals surface area (Å²) in [6.45, 7) is 6.47. The SMILES string of the molecule is O=CNCCN1CCN(c2ccc(OC[C@@H]3CO[C@@](Cn4ccnc4)(c4ccc(Cl)cc4Cl)O3)cc2)CC1. The quantitative estimate of drug-likeness (QED) is 0.285. The maximum absolute atomic E-state index is 10.4. The van der Waals surface area contributed by atoms with Gasteiger partial charge >= 0.3 is 0 Å². The van der Waals surface area contributed by atoms with Crippen molar-refractivity contribution in [3.63, 3.8) is 0 Å². The van der Waals surface area contributed by atoms with Crippen molar-refractivity contribution in [3.05, 3.63) is 76.8 Å². The average molecular weight is 560 g/mol. The Morgan fingerprint density at radius 3 is 2.66 bits per heavy atom. The van der Waals surface area contributed by atoms with E-state index in [1.54, 1.807) is 24.7 Å². The number of rotatable bonds is 11. The van der Waals surface area contributed by atoms with E-state index >= 15 is 0 Å². The van der Waals surface area contributed by atoms with Crippen LogP contribution in [-0.4, -0.2) is 79.4 Å². The highest BCUT2D eigenvalue weighted by molar-refractivity contribution is 6.35. The molecule has 9 nitrogen and oxygen atoms in total. The van der Waals surface area contributed by atoms with Crippen LogP contribution in [0, 0.1) is 0 Å². The lowest BCUT2D eigenvalue weighted by Gasteiger charge is -2.36. The molecule has 0 radical (unpaired) electrons. The third kappa shape index (κ3) is 6.42. The Balaban J connectivity index is 1.17. The summed E-state index contributed by atoms with van der Waals surface area (Å²) < 4.78 is 20.7. The highest BCUT2D eigenvalue weighted by Crippen LogP contribution is 2.40. The van der Waals surface area contributed by atoms with Gasteiger partial charge in [0.2, 0.25) is 12.2 Å². The molecule has 202 valence electrons. The summed E-state index contributed by atoms with van der Waals surface area (Å²) in [4.78, 5) is 19.3. The maximum Gasteiger partial charge on any atom is 0.215 e. The summed E-state index contributed by atoms with van der Waals surface area (Å²) in [7, 11) is 0. The molecule has 5 rings (SSSR count). The van der Waals surface area contributed by atoms with Gasteiger partial charge in [-0.05, 0) is 36.4 Å². The van der Waals surface area contributed by atoms with Crippen LogP contribution in [0.2, 0.25) is 10.0 Å². The summed E-state index contributed by atoms with van der Waals surface area (Å²) in [5, 5.41) is 3.75. The first-order valence-corrected chi connectivity index (χ1v) is 13.4. The van der Waals surface area contributed by atoms with Crippen LogP contribution in [0.5, 0.6) is 5.75 Å². The van der Waals surface area contributed by atoms with Crippen molar-refractivity contribution in [2.24, 2.45) is 0 Å². The van der Waals surface area contributed by atoms with Gasteiger partial charge in [0, 0.05) is 67.9 Å². The van der Waals surface area contributed by atoms with Crippen molar-refractivity contribution < 1.29 is 19.0 Å². The third-order valence-electron chi connectivity index (χ3n) is 6.82. The lowest BCUT2D eigenvalue weighted by Crippen LogP contribution is -2.48. The number of ether oxygens (including phenoxy) is 3. The lowest BCUT2D eigenvalue weighted by atomic mass is 10.1. The Bertz CT molecular complexity index is 1190. The predicted molar refractivity (Wildman–Crippen MR) is 146 cm³/mol. The van der Waals surface area contributed by atoms with Crippen molar-refractivity contribution in [1.82, 2.24) is 19.8 Å². The minimum Gasteiger partial charge on any atom is -0.491 e. The van der Waals surface area contributed by atoms with Gasteiger partial charge in [-0.3, -0.25) is 9.69 Å². The number of amides is 1. The Morgan fingerprint density at radius 2 is 1.95 bits per heavy atom. The van der Waals surface area contributed by atoms with Gasteiger partial charge in [0.05, 0.1) is 24.5 Å². The van der Waals surface area contributed by atoms with Gasteiger partial charge in [-0.1, -0.05) is 29.3 Å². The fraction of sp³-hybridized carbons (Fsp3) is 0.407. The molecule has 0 bridgehead atoms. The molecular weight excluding hydrogens is 529 g/mol. The van der Waals surface area contributed by atoms with E-state index in [1.165, 1.54) is 5.69 Å². The zero-order chi connectivity index (χ0) is 26.4. The summed E-state index contributed by atoms with van der Waals surface area (Å²) in [5.41, 5.74) is 1.88. The molecule has 3 heterocycles. The average Bonchev–Trinajstić information content (AvgIpc) is 3.59. The number of halogens is 2. The smallest absolute Gasteiger partial charge is 0.215 e. The highest BCUT2D eigenvalue weighted by atomic mass is 35.5. The highest BCUT2D eigenvalue weighted by Gasteiger charge is 2.45. The van der Waals surface area contributed by atoms with E-state index in [0.29, 0.717) is 41.9 Å². The van der Waals surface area contributed by atoms with E-state index in [-0.39, 0.29) is 6.10 Å². The van der Waals surface area contributed by atoms with Crippen LogP contribution in [0.4, 0.5) is 5.69 Å². The molecule has 0 unspecified atom stereocenters. The molecule has 2 saturated heterocycles. The maximum atomic E-state index is 10.4. The number of piperazine rings is 1. The summed E-state index contributed by atoms with van der Waals surface area (Å²) >= 11 is 12.7.